The average Bonchev–Trinajstić information content (AvgIpc) is 2.89. The number of ether oxygens (including phenoxy) is 1. The summed E-state index contributed by atoms with van der Waals surface area (Å²) in [5, 5.41) is 9.22. The van der Waals surface area contributed by atoms with Gasteiger partial charge in [-0.2, -0.15) is 0 Å². The summed E-state index contributed by atoms with van der Waals surface area (Å²) in [4.78, 5) is 27.5. The molecule has 0 fully saturated rings. The van der Waals surface area contributed by atoms with Gasteiger partial charge in [-0.25, -0.2) is 0 Å². The maximum atomic E-state index is 12.6. The van der Waals surface area contributed by atoms with Crippen molar-refractivity contribution in [1.29, 1.82) is 0 Å². The van der Waals surface area contributed by atoms with Gasteiger partial charge in [-0.1, -0.05) is 26.0 Å². The minimum Gasteiger partial charge on any atom is -0.497 e. The molecule has 3 N–H and O–H groups in total. The molecule has 0 aromatic heterocycles. The van der Waals surface area contributed by atoms with Crippen LogP contribution in [0.25, 0.3) is 0 Å². The highest BCUT2D eigenvalue weighted by Crippen LogP contribution is 2.22. The third-order valence-electron chi connectivity index (χ3n) is 5.72. The van der Waals surface area contributed by atoms with Crippen LogP contribution in [0.15, 0.2) is 72.8 Å². The predicted molar refractivity (Wildman–Crippen MR) is 142 cm³/mol. The number of carbonyl (C=O) groups is 2. The first kappa shape index (κ1) is 25.8. The van der Waals surface area contributed by atoms with E-state index in [-0.39, 0.29) is 11.8 Å². The van der Waals surface area contributed by atoms with Crippen LogP contribution >= 0.6 is 0 Å². The fraction of sp³-hybridized carbons (Fsp3) is 0.286. The molecule has 0 heterocycles. The standard InChI is InChI=1S/C28H34N4O3/c1-4-32(5-2)18-8-17-29-27(33)22-9-6-10-23(19-22)30-24-11-7-12-25(20-24)31-28(34)21-13-15-26(35-3)16-14-21/h6-7,9-16,19-20,30H,4-5,8,17-18H2,1-3H3,(H,29,33)(H,31,34). The first-order chi connectivity index (χ1) is 17.0. The number of amides is 2. The molecule has 0 atom stereocenters. The Morgan fingerprint density at radius 3 is 2.14 bits per heavy atom. The molecule has 3 rings (SSSR count). The molecular weight excluding hydrogens is 440 g/mol. The Labute approximate surface area is 207 Å². The fourth-order valence-corrected chi connectivity index (χ4v) is 3.67. The van der Waals surface area contributed by atoms with Gasteiger partial charge in [0, 0.05) is 34.7 Å². The van der Waals surface area contributed by atoms with Crippen LogP contribution in [0.3, 0.4) is 0 Å². The first-order valence-corrected chi connectivity index (χ1v) is 12.0. The Morgan fingerprint density at radius 1 is 0.800 bits per heavy atom. The van der Waals surface area contributed by atoms with Crippen LogP contribution < -0.4 is 20.7 Å². The zero-order valence-electron chi connectivity index (χ0n) is 20.6. The number of nitrogens with zero attached hydrogens (tertiary/aromatic N) is 1. The molecule has 184 valence electrons. The van der Waals surface area contributed by atoms with Gasteiger partial charge in [0.05, 0.1) is 7.11 Å². The summed E-state index contributed by atoms with van der Waals surface area (Å²) in [5.74, 6) is 0.404. The summed E-state index contributed by atoms with van der Waals surface area (Å²) in [5.41, 5.74) is 3.40. The summed E-state index contributed by atoms with van der Waals surface area (Å²) in [6, 6.07) is 21.8. The monoisotopic (exact) mass is 474 g/mol. The lowest BCUT2D eigenvalue weighted by molar-refractivity contribution is 0.0951. The summed E-state index contributed by atoms with van der Waals surface area (Å²) in [6.45, 7) is 7.94. The van der Waals surface area contributed by atoms with Crippen molar-refractivity contribution in [2.75, 3.05) is 43.9 Å². The molecule has 0 bridgehead atoms. The first-order valence-electron chi connectivity index (χ1n) is 12.0. The largest absolute Gasteiger partial charge is 0.497 e. The van der Waals surface area contributed by atoms with Gasteiger partial charge in [0.1, 0.15) is 5.75 Å². The van der Waals surface area contributed by atoms with Crippen molar-refractivity contribution in [2.24, 2.45) is 0 Å². The molecule has 0 unspecified atom stereocenters. The van der Waals surface area contributed by atoms with Gasteiger partial charge < -0.3 is 25.6 Å². The zero-order valence-corrected chi connectivity index (χ0v) is 20.6. The third-order valence-corrected chi connectivity index (χ3v) is 5.72. The molecule has 0 radical (unpaired) electrons. The van der Waals surface area contributed by atoms with Crippen molar-refractivity contribution in [2.45, 2.75) is 20.3 Å². The highest BCUT2D eigenvalue weighted by atomic mass is 16.5. The summed E-state index contributed by atoms with van der Waals surface area (Å²) >= 11 is 0. The van der Waals surface area contributed by atoms with E-state index in [1.165, 1.54) is 0 Å². The molecule has 0 aliphatic heterocycles. The third kappa shape index (κ3) is 7.86. The molecule has 35 heavy (non-hydrogen) atoms. The fourth-order valence-electron chi connectivity index (χ4n) is 3.67. The van der Waals surface area contributed by atoms with Crippen LogP contribution in [0.4, 0.5) is 17.1 Å². The van der Waals surface area contributed by atoms with Crippen LogP contribution in [0.2, 0.25) is 0 Å². The van der Waals surface area contributed by atoms with E-state index in [0.29, 0.717) is 29.1 Å². The smallest absolute Gasteiger partial charge is 0.255 e. The normalized spacial score (nSPS) is 10.6. The minimum absolute atomic E-state index is 0.0892. The highest BCUT2D eigenvalue weighted by molar-refractivity contribution is 6.04. The average molecular weight is 475 g/mol. The number of hydrogen-bond acceptors (Lipinski definition) is 5. The van der Waals surface area contributed by atoms with Gasteiger partial charge in [-0.15, -0.1) is 0 Å². The number of carbonyl (C=O) groups excluding carboxylic acids is 2. The van der Waals surface area contributed by atoms with Gasteiger partial charge in [0.15, 0.2) is 0 Å². The van der Waals surface area contributed by atoms with Crippen LogP contribution in [-0.4, -0.2) is 50.0 Å². The van der Waals surface area contributed by atoms with E-state index in [0.717, 1.165) is 37.4 Å². The van der Waals surface area contributed by atoms with Gasteiger partial charge in [0.25, 0.3) is 11.8 Å². The van der Waals surface area contributed by atoms with E-state index in [1.54, 1.807) is 37.4 Å². The van der Waals surface area contributed by atoms with Crippen molar-refractivity contribution in [3.63, 3.8) is 0 Å². The molecular formula is C28H34N4O3. The predicted octanol–water partition coefficient (Wildman–Crippen LogP) is 5.15. The number of methoxy groups -OCH3 is 1. The number of rotatable bonds is 12. The van der Waals surface area contributed by atoms with Gasteiger partial charge in [-0.3, -0.25) is 9.59 Å². The SMILES string of the molecule is CCN(CC)CCCNC(=O)c1cccc(Nc2cccc(NC(=O)c3ccc(OC)cc3)c2)c1. The molecule has 0 aliphatic rings. The van der Waals surface area contributed by atoms with Crippen LogP contribution in [0.1, 0.15) is 41.0 Å². The van der Waals surface area contributed by atoms with Crippen LogP contribution in [0.5, 0.6) is 5.75 Å². The lowest BCUT2D eigenvalue weighted by atomic mass is 10.1. The Balaban J connectivity index is 1.57. The summed E-state index contributed by atoms with van der Waals surface area (Å²) in [6.07, 6.45) is 0.917. The van der Waals surface area contributed by atoms with Gasteiger partial charge in [0.2, 0.25) is 0 Å². The van der Waals surface area contributed by atoms with Gasteiger partial charge in [-0.05, 0) is 86.7 Å². The van der Waals surface area contributed by atoms with Gasteiger partial charge >= 0.3 is 0 Å². The Kier molecular flexibility index (Phi) is 9.69. The molecule has 3 aromatic rings. The second-order valence-corrected chi connectivity index (χ2v) is 8.11. The Bertz CT molecular complexity index is 1110. The number of benzene rings is 3. The topological polar surface area (TPSA) is 82.7 Å². The summed E-state index contributed by atoms with van der Waals surface area (Å²) < 4.78 is 5.14. The van der Waals surface area contributed by atoms with E-state index in [4.69, 9.17) is 4.74 Å². The molecule has 0 aliphatic carbocycles. The van der Waals surface area contributed by atoms with E-state index in [9.17, 15) is 9.59 Å². The maximum Gasteiger partial charge on any atom is 0.255 e. The van der Waals surface area contributed by atoms with Crippen molar-refractivity contribution in [3.05, 3.63) is 83.9 Å². The molecule has 2 amide bonds. The molecule has 3 aromatic carbocycles. The maximum absolute atomic E-state index is 12.6. The number of hydrogen-bond donors (Lipinski definition) is 3. The van der Waals surface area contributed by atoms with Crippen molar-refractivity contribution < 1.29 is 14.3 Å². The summed E-state index contributed by atoms with van der Waals surface area (Å²) in [7, 11) is 1.59. The lowest BCUT2D eigenvalue weighted by Crippen LogP contribution is -2.29. The second kappa shape index (κ2) is 13.2. The van der Waals surface area contributed by atoms with Crippen molar-refractivity contribution in [1.82, 2.24) is 10.2 Å². The van der Waals surface area contributed by atoms with Crippen molar-refractivity contribution in [3.8, 4) is 5.75 Å². The molecule has 0 saturated heterocycles. The van der Waals surface area contributed by atoms with Crippen LogP contribution in [0, 0.1) is 0 Å². The Hall–Kier alpha value is -3.84. The van der Waals surface area contributed by atoms with E-state index in [2.05, 4.69) is 34.7 Å². The van der Waals surface area contributed by atoms with E-state index in [1.807, 2.05) is 42.5 Å². The van der Waals surface area contributed by atoms with Crippen molar-refractivity contribution >= 4 is 28.9 Å². The van der Waals surface area contributed by atoms with E-state index >= 15 is 0 Å². The quantitative estimate of drug-likeness (QED) is 0.316. The molecule has 0 saturated carbocycles. The Morgan fingerprint density at radius 2 is 1.46 bits per heavy atom. The number of anilines is 3. The second-order valence-electron chi connectivity index (χ2n) is 8.11. The molecule has 7 heteroatoms. The van der Waals surface area contributed by atoms with E-state index < -0.39 is 0 Å². The minimum atomic E-state index is -0.204. The van der Waals surface area contributed by atoms with Crippen LogP contribution in [-0.2, 0) is 0 Å². The molecule has 7 nitrogen and oxygen atoms in total. The number of nitrogens with one attached hydrogen (secondary N) is 3. The zero-order chi connectivity index (χ0) is 25.0. The lowest BCUT2D eigenvalue weighted by Gasteiger charge is -2.17. The molecule has 0 spiro atoms. The highest BCUT2D eigenvalue weighted by Gasteiger charge is 2.09.